The summed E-state index contributed by atoms with van der Waals surface area (Å²) in [5, 5.41) is 0.0393. The van der Waals surface area contributed by atoms with Crippen LogP contribution in [0.5, 0.6) is 5.75 Å². The minimum absolute atomic E-state index is 0.00395. The predicted octanol–water partition coefficient (Wildman–Crippen LogP) is 3.16. The first-order valence-electron chi connectivity index (χ1n) is 10.6. The van der Waals surface area contributed by atoms with Crippen LogP contribution in [-0.4, -0.2) is 28.0 Å². The molecule has 2 heterocycles. The molecule has 1 N–H and O–H groups in total. The number of pyridine rings is 1. The second kappa shape index (κ2) is 8.16. The minimum atomic E-state index is -2.78. The molecule has 0 aliphatic carbocycles. The summed E-state index contributed by atoms with van der Waals surface area (Å²) in [5.41, 5.74) is 1.35. The van der Waals surface area contributed by atoms with E-state index < -0.39 is 29.6 Å². The molecule has 6 heteroatoms. The first kappa shape index (κ1) is 11.3. The molecule has 2 amide bonds. The van der Waals surface area contributed by atoms with Crippen molar-refractivity contribution in [1.82, 2.24) is 10.3 Å². The normalized spacial score (nSPS) is 24.3. The Morgan fingerprint density at radius 2 is 2.08 bits per heavy atom. The maximum atomic E-state index is 11.8. The van der Waals surface area contributed by atoms with Gasteiger partial charge in [-0.15, -0.1) is 0 Å². The molecule has 1 aliphatic rings. The van der Waals surface area contributed by atoms with Crippen molar-refractivity contribution in [3.63, 3.8) is 0 Å². The van der Waals surface area contributed by atoms with Gasteiger partial charge in [0.15, 0.2) is 0 Å². The van der Waals surface area contributed by atoms with E-state index in [1.54, 1.807) is 30.3 Å². The second-order valence-corrected chi connectivity index (χ2v) is 6.42. The number of rotatable bonds is 7. The molecule has 1 saturated heterocycles. The quantitative estimate of drug-likeness (QED) is 0.819. The van der Waals surface area contributed by atoms with E-state index in [0.29, 0.717) is 36.2 Å². The van der Waals surface area contributed by atoms with Gasteiger partial charge < -0.3 is 4.74 Å². The number of ether oxygens (including phenoxy) is 1. The van der Waals surface area contributed by atoms with Crippen molar-refractivity contribution in [1.29, 1.82) is 0 Å². The molecule has 1 aliphatic heterocycles. The Hall–Kier alpha value is -2.34. The topological polar surface area (TPSA) is 68.3 Å². The monoisotopic (exact) mass is 362 g/mol. The average Bonchev–Trinajstić information content (AvgIpc) is 2.94. The van der Waals surface area contributed by atoms with E-state index >= 15 is 0 Å². The van der Waals surface area contributed by atoms with Crippen molar-refractivity contribution in [3.8, 4) is 5.75 Å². The molecule has 130 valence electrons. The molecule has 0 radical (unpaired) electrons. The number of carbonyl (C=O) groups is 2. The van der Waals surface area contributed by atoms with Gasteiger partial charge in [-0.3, -0.25) is 19.9 Å². The number of hydrogen-bond donors (Lipinski definition) is 1. The van der Waals surface area contributed by atoms with Crippen LogP contribution in [0.15, 0.2) is 42.6 Å². The summed E-state index contributed by atoms with van der Waals surface area (Å²) in [7, 11) is 0. The number of thioether (sulfide) groups is 1. The zero-order chi connectivity index (χ0) is 22.9. The maximum Gasteiger partial charge on any atom is 0.286 e. The van der Waals surface area contributed by atoms with E-state index in [1.807, 2.05) is 0 Å². The lowest BCUT2D eigenvalue weighted by molar-refractivity contribution is -0.118. The first-order valence-corrected chi connectivity index (χ1v) is 8.44. The third kappa shape index (κ3) is 4.82. The molecule has 0 saturated carbocycles. The van der Waals surface area contributed by atoms with E-state index in [9.17, 15) is 9.59 Å². The summed E-state index contributed by atoms with van der Waals surface area (Å²) in [6, 6.07) is 9.87. The number of nitrogens with zero attached hydrogens (tertiary/aromatic N) is 1. The molecule has 0 unspecified atom stereocenters. The van der Waals surface area contributed by atoms with Gasteiger partial charge in [-0.1, -0.05) is 36.8 Å². The van der Waals surface area contributed by atoms with Crippen molar-refractivity contribution < 1.29 is 22.6 Å². The van der Waals surface area contributed by atoms with Gasteiger partial charge in [0, 0.05) is 25.2 Å². The fourth-order valence-corrected chi connectivity index (χ4v) is 3.02. The molecule has 1 aromatic carbocycles. The second-order valence-electron chi connectivity index (χ2n) is 5.35. The number of imide groups is 1. The van der Waals surface area contributed by atoms with E-state index in [0.717, 1.165) is 5.56 Å². The zero-order valence-electron chi connectivity index (χ0n) is 19.2. The van der Waals surface area contributed by atoms with Gasteiger partial charge in [-0.25, -0.2) is 0 Å². The Balaban J connectivity index is 1.52. The van der Waals surface area contributed by atoms with Crippen molar-refractivity contribution in [2.75, 3.05) is 6.61 Å². The highest BCUT2D eigenvalue weighted by molar-refractivity contribution is 8.15. The average molecular weight is 362 g/mol. The third-order valence-corrected chi connectivity index (χ3v) is 4.43. The molecule has 0 bridgehead atoms. The summed E-state index contributed by atoms with van der Waals surface area (Å²) < 4.78 is 51.2. The SMILES string of the molecule is [2H]C([2H])([2H])C([2H])([2H])c1ccc(CCOc2ccc(C[C@@]3([2H])SC(=O)NC3=O)cc2)nc1. The summed E-state index contributed by atoms with van der Waals surface area (Å²) in [5.74, 6) is -0.0361. The first-order chi connectivity index (χ1) is 14.4. The number of aryl methyl sites for hydroxylation is 1. The van der Waals surface area contributed by atoms with Crippen LogP contribution in [0.3, 0.4) is 0 Å². The molecule has 3 rings (SSSR count). The highest BCUT2D eigenvalue weighted by atomic mass is 32.2. The van der Waals surface area contributed by atoms with E-state index in [2.05, 4.69) is 10.3 Å². The smallest absolute Gasteiger partial charge is 0.286 e. The number of benzene rings is 1. The number of aromatic nitrogens is 1. The summed E-state index contributed by atoms with van der Waals surface area (Å²) >= 11 is 0.664. The molecule has 5 nitrogen and oxygen atoms in total. The number of amides is 2. The van der Waals surface area contributed by atoms with Crippen LogP contribution in [0.1, 0.15) is 31.9 Å². The minimum Gasteiger partial charge on any atom is -0.493 e. The van der Waals surface area contributed by atoms with E-state index in [1.165, 1.54) is 12.3 Å². The highest BCUT2D eigenvalue weighted by Crippen LogP contribution is 2.23. The predicted molar refractivity (Wildman–Crippen MR) is 97.9 cm³/mol. The summed E-state index contributed by atoms with van der Waals surface area (Å²) in [6.07, 6.45) is -0.711. The molecular formula is C19H20N2O3S. The Morgan fingerprint density at radius 1 is 1.28 bits per heavy atom. The van der Waals surface area contributed by atoms with Crippen LogP contribution in [0.4, 0.5) is 4.79 Å². The fraction of sp³-hybridized carbons (Fsp3) is 0.316. The summed E-state index contributed by atoms with van der Waals surface area (Å²) in [6.45, 7) is -2.48. The Kier molecular flexibility index (Phi) is 3.69. The van der Waals surface area contributed by atoms with Crippen molar-refractivity contribution in [3.05, 3.63) is 59.4 Å². The van der Waals surface area contributed by atoms with Gasteiger partial charge >= 0.3 is 0 Å². The van der Waals surface area contributed by atoms with Gasteiger partial charge in [0.1, 0.15) is 5.75 Å². The molecular weight excluding hydrogens is 336 g/mol. The summed E-state index contributed by atoms with van der Waals surface area (Å²) in [4.78, 5) is 27.2. The lowest BCUT2D eigenvalue weighted by Gasteiger charge is -2.09. The van der Waals surface area contributed by atoms with Crippen LogP contribution in [0.25, 0.3) is 0 Å². The van der Waals surface area contributed by atoms with Gasteiger partial charge in [-0.05, 0) is 42.1 Å². The fourth-order valence-electron chi connectivity index (χ4n) is 2.27. The van der Waals surface area contributed by atoms with Crippen LogP contribution in [0.2, 0.25) is 0 Å². The molecule has 1 fully saturated rings. The Labute approximate surface area is 159 Å². The molecule has 0 spiro atoms. The van der Waals surface area contributed by atoms with E-state index in [4.69, 9.17) is 13.0 Å². The number of hydrogen-bond acceptors (Lipinski definition) is 5. The molecule has 25 heavy (non-hydrogen) atoms. The lowest BCUT2D eigenvalue weighted by atomic mass is 10.1. The van der Waals surface area contributed by atoms with E-state index in [-0.39, 0.29) is 12.0 Å². The number of carbonyl (C=O) groups excluding carboxylic acids is 2. The Bertz CT molecular complexity index is 966. The van der Waals surface area contributed by atoms with Crippen LogP contribution in [-0.2, 0) is 24.0 Å². The van der Waals surface area contributed by atoms with Gasteiger partial charge in [0.05, 0.1) is 13.2 Å². The van der Waals surface area contributed by atoms with Gasteiger partial charge in [0.25, 0.3) is 5.24 Å². The van der Waals surface area contributed by atoms with Crippen molar-refractivity contribution in [2.24, 2.45) is 0 Å². The number of nitrogens with one attached hydrogen (secondary N) is 1. The van der Waals surface area contributed by atoms with Crippen molar-refractivity contribution >= 4 is 22.9 Å². The molecule has 1 atom stereocenters. The Morgan fingerprint density at radius 3 is 2.72 bits per heavy atom. The highest BCUT2D eigenvalue weighted by Gasteiger charge is 2.31. The third-order valence-electron chi connectivity index (χ3n) is 3.57. The standard InChI is InChI=1S/C19H20N2O3S/c1-2-13-3-6-15(20-12-13)9-10-24-16-7-4-14(5-8-16)11-17-18(22)21-19(23)25-17/h3-8,12,17H,2,9-11H2,1H3,(H,21,22,23)/t17-/m1/s1/i1D3,2D2,17D. The zero-order valence-corrected chi connectivity index (χ0v) is 14.1. The molecule has 1 aromatic heterocycles. The largest absolute Gasteiger partial charge is 0.493 e. The lowest BCUT2D eigenvalue weighted by Crippen LogP contribution is -2.25. The van der Waals surface area contributed by atoms with Gasteiger partial charge in [-0.2, -0.15) is 0 Å². The van der Waals surface area contributed by atoms with Crippen LogP contribution in [0, 0.1) is 0 Å². The van der Waals surface area contributed by atoms with Gasteiger partial charge in [0.2, 0.25) is 5.91 Å². The molecule has 2 aromatic rings. The van der Waals surface area contributed by atoms with Crippen LogP contribution >= 0.6 is 11.8 Å². The van der Waals surface area contributed by atoms with Crippen molar-refractivity contribution in [2.45, 2.75) is 31.3 Å². The maximum absolute atomic E-state index is 11.8. The van der Waals surface area contributed by atoms with Crippen LogP contribution < -0.4 is 10.1 Å².